The normalized spacial score (nSPS) is 14.4. The van der Waals surface area contributed by atoms with Gasteiger partial charge >= 0.3 is 12.4 Å². The van der Waals surface area contributed by atoms with Crippen LogP contribution in [0, 0.1) is 0 Å². The summed E-state index contributed by atoms with van der Waals surface area (Å²) in [4.78, 5) is 28.7. The van der Waals surface area contributed by atoms with Crippen molar-refractivity contribution in [1.82, 2.24) is 15.6 Å². The van der Waals surface area contributed by atoms with E-state index < -0.39 is 47.0 Å². The molecule has 0 radical (unpaired) electrons. The van der Waals surface area contributed by atoms with Gasteiger partial charge < -0.3 is 10.6 Å². The predicted octanol–water partition coefficient (Wildman–Crippen LogP) is 4.88. The minimum atomic E-state index is -4.83. The van der Waals surface area contributed by atoms with Crippen molar-refractivity contribution in [3.8, 4) is 0 Å². The molecular formula is C23H15F6N3O2. The number of carbonyl (C=O) groups is 2. The Kier molecular flexibility index (Phi) is 5.80. The van der Waals surface area contributed by atoms with E-state index in [1.165, 1.54) is 18.2 Å². The standard InChI is InChI=1S/C23H15F6N3O2/c24-22(25,26)15-7-5-12(6-8-15)18(19-17(23(27,28)29)2-1-9-30-19)32-20(33)13-3-4-14-11-31-21(34)16(14)10-13/h1-10,18H,11H2,(H,31,34)(H,32,33). The van der Waals surface area contributed by atoms with Crippen LogP contribution in [0.25, 0.3) is 0 Å². The Bertz CT molecular complexity index is 1250. The Balaban J connectivity index is 1.76. The van der Waals surface area contributed by atoms with E-state index in [-0.39, 0.29) is 23.2 Å². The quantitative estimate of drug-likeness (QED) is 0.524. The van der Waals surface area contributed by atoms with Crippen LogP contribution in [0.4, 0.5) is 26.3 Å². The lowest BCUT2D eigenvalue weighted by Gasteiger charge is -2.23. The fraction of sp³-hybridized carbons (Fsp3) is 0.174. The topological polar surface area (TPSA) is 71.1 Å². The minimum absolute atomic E-state index is 0.00259. The molecule has 4 rings (SSSR count). The average Bonchev–Trinajstić information content (AvgIpc) is 3.16. The molecule has 0 bridgehead atoms. The van der Waals surface area contributed by atoms with E-state index in [1.807, 2.05) is 0 Å². The molecular weight excluding hydrogens is 464 g/mol. The Morgan fingerprint density at radius 2 is 1.68 bits per heavy atom. The van der Waals surface area contributed by atoms with Gasteiger partial charge in [-0.25, -0.2) is 0 Å². The second kappa shape index (κ2) is 8.47. The number of nitrogens with zero attached hydrogens (tertiary/aromatic N) is 1. The Morgan fingerprint density at radius 3 is 2.32 bits per heavy atom. The molecule has 2 amide bonds. The van der Waals surface area contributed by atoms with E-state index in [9.17, 15) is 35.9 Å². The number of amides is 2. The molecule has 0 aliphatic carbocycles. The maximum Gasteiger partial charge on any atom is 0.418 e. The van der Waals surface area contributed by atoms with E-state index in [1.54, 1.807) is 0 Å². The zero-order valence-corrected chi connectivity index (χ0v) is 17.1. The fourth-order valence-electron chi connectivity index (χ4n) is 3.63. The number of hydrogen-bond donors (Lipinski definition) is 2. The number of nitrogens with one attached hydrogen (secondary N) is 2. The second-order valence-electron chi connectivity index (χ2n) is 7.51. The molecule has 0 fully saturated rings. The van der Waals surface area contributed by atoms with Crippen molar-refractivity contribution in [2.24, 2.45) is 0 Å². The molecule has 0 saturated carbocycles. The van der Waals surface area contributed by atoms with Crippen LogP contribution in [0.3, 0.4) is 0 Å². The molecule has 1 aliphatic rings. The molecule has 1 atom stereocenters. The van der Waals surface area contributed by atoms with Gasteiger partial charge in [-0.05, 0) is 47.5 Å². The molecule has 1 unspecified atom stereocenters. The molecule has 1 aromatic heterocycles. The molecule has 2 N–H and O–H groups in total. The number of fused-ring (bicyclic) bond motifs is 1. The summed E-state index contributed by atoms with van der Waals surface area (Å²) in [5.74, 6) is -1.22. The number of rotatable bonds is 4. The van der Waals surface area contributed by atoms with Crippen LogP contribution in [0.1, 0.15) is 54.7 Å². The van der Waals surface area contributed by atoms with Crippen LogP contribution in [0.15, 0.2) is 60.8 Å². The van der Waals surface area contributed by atoms with Gasteiger partial charge in [0.25, 0.3) is 11.8 Å². The lowest BCUT2D eigenvalue weighted by atomic mass is 9.97. The van der Waals surface area contributed by atoms with Crippen molar-refractivity contribution in [1.29, 1.82) is 0 Å². The van der Waals surface area contributed by atoms with Crippen molar-refractivity contribution in [2.45, 2.75) is 24.9 Å². The highest BCUT2D eigenvalue weighted by molar-refractivity contribution is 6.02. The first-order valence-corrected chi connectivity index (χ1v) is 9.86. The van der Waals surface area contributed by atoms with Crippen molar-refractivity contribution < 1.29 is 35.9 Å². The van der Waals surface area contributed by atoms with Crippen molar-refractivity contribution >= 4 is 11.8 Å². The van der Waals surface area contributed by atoms with E-state index >= 15 is 0 Å². The maximum absolute atomic E-state index is 13.7. The summed E-state index contributed by atoms with van der Waals surface area (Å²) in [5.41, 5.74) is -1.85. The molecule has 5 nitrogen and oxygen atoms in total. The van der Waals surface area contributed by atoms with Crippen LogP contribution >= 0.6 is 0 Å². The maximum atomic E-state index is 13.7. The Hall–Kier alpha value is -3.89. The first-order chi connectivity index (χ1) is 15.9. The van der Waals surface area contributed by atoms with Crippen LogP contribution in [0.2, 0.25) is 0 Å². The van der Waals surface area contributed by atoms with Crippen LogP contribution in [-0.2, 0) is 18.9 Å². The minimum Gasteiger partial charge on any atom is -0.348 e. The van der Waals surface area contributed by atoms with Crippen molar-refractivity contribution in [3.05, 3.63) is 99.9 Å². The lowest BCUT2D eigenvalue weighted by molar-refractivity contribution is -0.139. The van der Waals surface area contributed by atoms with Gasteiger partial charge in [0.2, 0.25) is 0 Å². The summed E-state index contributed by atoms with van der Waals surface area (Å²) in [6, 6.07) is 7.96. The Morgan fingerprint density at radius 1 is 0.971 bits per heavy atom. The Labute approximate surface area is 188 Å². The van der Waals surface area contributed by atoms with Gasteiger partial charge in [0.05, 0.1) is 22.9 Å². The molecule has 2 heterocycles. The smallest absolute Gasteiger partial charge is 0.348 e. The summed E-state index contributed by atoms with van der Waals surface area (Å²) in [6.45, 7) is 0.285. The van der Waals surface area contributed by atoms with Gasteiger partial charge in [0.15, 0.2) is 0 Å². The number of carbonyl (C=O) groups excluding carboxylic acids is 2. The van der Waals surface area contributed by atoms with Crippen molar-refractivity contribution in [3.63, 3.8) is 0 Å². The largest absolute Gasteiger partial charge is 0.418 e. The number of hydrogen-bond acceptors (Lipinski definition) is 3. The van der Waals surface area contributed by atoms with Gasteiger partial charge in [-0.1, -0.05) is 18.2 Å². The summed E-state index contributed by atoms with van der Waals surface area (Å²) in [6.07, 6.45) is -8.39. The zero-order chi connectivity index (χ0) is 24.7. The van der Waals surface area contributed by atoms with Gasteiger partial charge in [-0.2, -0.15) is 26.3 Å². The van der Waals surface area contributed by atoms with Gasteiger partial charge in [-0.3, -0.25) is 14.6 Å². The second-order valence-corrected chi connectivity index (χ2v) is 7.51. The lowest BCUT2D eigenvalue weighted by Crippen LogP contribution is -2.32. The molecule has 1 aliphatic heterocycles. The highest BCUT2D eigenvalue weighted by Gasteiger charge is 2.37. The van der Waals surface area contributed by atoms with E-state index in [0.717, 1.165) is 30.5 Å². The predicted molar refractivity (Wildman–Crippen MR) is 108 cm³/mol. The first kappa shape index (κ1) is 23.3. The van der Waals surface area contributed by atoms with Gasteiger partial charge in [0.1, 0.15) is 0 Å². The number of benzene rings is 2. The van der Waals surface area contributed by atoms with Crippen LogP contribution in [-0.4, -0.2) is 16.8 Å². The molecule has 11 heteroatoms. The molecule has 0 saturated heterocycles. The van der Waals surface area contributed by atoms with Crippen molar-refractivity contribution in [2.75, 3.05) is 0 Å². The fourth-order valence-corrected chi connectivity index (χ4v) is 3.63. The summed E-state index contributed by atoms with van der Waals surface area (Å²) < 4.78 is 79.9. The molecule has 0 spiro atoms. The van der Waals surface area contributed by atoms with E-state index in [2.05, 4.69) is 15.6 Å². The van der Waals surface area contributed by atoms with Crippen LogP contribution in [0.5, 0.6) is 0 Å². The third-order valence-electron chi connectivity index (χ3n) is 5.32. The molecule has 176 valence electrons. The SMILES string of the molecule is O=C(NC(c1ccc(C(F)(F)F)cc1)c1ncccc1C(F)(F)F)c1ccc2c(c1)C(=O)NC2. The highest BCUT2D eigenvalue weighted by atomic mass is 19.4. The zero-order valence-electron chi connectivity index (χ0n) is 17.1. The van der Waals surface area contributed by atoms with Crippen LogP contribution < -0.4 is 10.6 Å². The number of halogens is 6. The first-order valence-electron chi connectivity index (χ1n) is 9.86. The highest BCUT2D eigenvalue weighted by Crippen LogP contribution is 2.36. The molecule has 34 heavy (non-hydrogen) atoms. The van der Waals surface area contributed by atoms with E-state index in [0.29, 0.717) is 17.7 Å². The number of pyridine rings is 1. The average molecular weight is 479 g/mol. The summed E-state index contributed by atoms with van der Waals surface area (Å²) in [5, 5.41) is 5.02. The number of alkyl halides is 6. The third-order valence-corrected chi connectivity index (χ3v) is 5.32. The third kappa shape index (κ3) is 4.59. The van der Waals surface area contributed by atoms with E-state index in [4.69, 9.17) is 0 Å². The summed E-state index contributed by atoms with van der Waals surface area (Å²) in [7, 11) is 0. The molecule has 3 aromatic rings. The summed E-state index contributed by atoms with van der Waals surface area (Å²) >= 11 is 0. The van der Waals surface area contributed by atoms with Gasteiger partial charge in [-0.15, -0.1) is 0 Å². The monoisotopic (exact) mass is 479 g/mol. The molecule has 2 aromatic carbocycles. The van der Waals surface area contributed by atoms with Gasteiger partial charge in [0, 0.05) is 23.9 Å². The number of aromatic nitrogens is 1.